The van der Waals surface area contributed by atoms with Crippen molar-refractivity contribution >= 4 is 11.9 Å². The van der Waals surface area contributed by atoms with Crippen LogP contribution in [0.1, 0.15) is 32.3 Å². The van der Waals surface area contributed by atoms with Gasteiger partial charge in [0.1, 0.15) is 11.8 Å². The van der Waals surface area contributed by atoms with Gasteiger partial charge in [0.15, 0.2) is 0 Å². The van der Waals surface area contributed by atoms with Gasteiger partial charge in [-0.1, -0.05) is 18.2 Å². The predicted molar refractivity (Wildman–Crippen MR) is 78.3 cm³/mol. The molecule has 0 unspecified atom stereocenters. The Labute approximate surface area is 124 Å². The van der Waals surface area contributed by atoms with Gasteiger partial charge in [-0.2, -0.15) is 0 Å². The summed E-state index contributed by atoms with van der Waals surface area (Å²) in [4.78, 5) is 25.0. The van der Waals surface area contributed by atoms with Crippen molar-refractivity contribution in [2.45, 2.75) is 45.3 Å². The number of likely N-dealkylation sites (tertiary alicyclic amines) is 1. The fourth-order valence-electron chi connectivity index (χ4n) is 2.61. The first-order valence-corrected chi connectivity index (χ1v) is 7.26. The van der Waals surface area contributed by atoms with Crippen molar-refractivity contribution < 1.29 is 19.4 Å². The number of ether oxygens (including phenoxy) is 1. The largest absolute Gasteiger partial charge is 0.491 e. The molecule has 5 nitrogen and oxygen atoms in total. The Hall–Kier alpha value is -2.04. The normalized spacial score (nSPS) is 18.0. The van der Waals surface area contributed by atoms with Gasteiger partial charge >= 0.3 is 5.97 Å². The number of benzene rings is 1. The number of aliphatic carboxylic acids is 1. The third-order valence-corrected chi connectivity index (χ3v) is 3.54. The summed E-state index contributed by atoms with van der Waals surface area (Å²) in [6, 6.07) is 6.72. The van der Waals surface area contributed by atoms with E-state index in [2.05, 4.69) is 0 Å². The third kappa shape index (κ3) is 3.74. The molecule has 1 aliphatic rings. The Morgan fingerprint density at radius 3 is 2.76 bits per heavy atom. The molecule has 0 aromatic heterocycles. The lowest BCUT2D eigenvalue weighted by atomic mass is 10.1. The molecule has 1 aromatic carbocycles. The van der Waals surface area contributed by atoms with E-state index in [0.717, 1.165) is 12.0 Å². The molecule has 1 heterocycles. The average Bonchev–Trinajstić information content (AvgIpc) is 2.90. The SMILES string of the molecule is CC(C)Oc1ccccc1CC(=O)N1CCC[C@H]1C(=O)O. The highest BCUT2D eigenvalue weighted by Gasteiger charge is 2.33. The van der Waals surface area contributed by atoms with Gasteiger partial charge < -0.3 is 14.7 Å². The molecule has 0 saturated carbocycles. The van der Waals surface area contributed by atoms with E-state index in [4.69, 9.17) is 9.84 Å². The van der Waals surface area contributed by atoms with Crippen molar-refractivity contribution in [3.8, 4) is 5.75 Å². The number of hydrogen-bond acceptors (Lipinski definition) is 3. The number of carboxylic acid groups (broad SMARTS) is 1. The first kappa shape index (κ1) is 15.4. The predicted octanol–water partition coefficient (Wildman–Crippen LogP) is 2.09. The second-order valence-corrected chi connectivity index (χ2v) is 5.53. The molecule has 0 spiro atoms. The summed E-state index contributed by atoms with van der Waals surface area (Å²) in [6.45, 7) is 4.38. The number of hydrogen-bond donors (Lipinski definition) is 1. The number of carboxylic acids is 1. The zero-order valence-corrected chi connectivity index (χ0v) is 12.4. The highest BCUT2D eigenvalue weighted by molar-refractivity contribution is 5.85. The van der Waals surface area contributed by atoms with Gasteiger partial charge in [0.2, 0.25) is 5.91 Å². The molecule has 1 fully saturated rings. The minimum absolute atomic E-state index is 0.0276. The summed E-state index contributed by atoms with van der Waals surface area (Å²) < 4.78 is 5.70. The van der Waals surface area contributed by atoms with Crippen molar-refractivity contribution in [2.75, 3.05) is 6.54 Å². The van der Waals surface area contributed by atoms with E-state index in [9.17, 15) is 9.59 Å². The standard InChI is InChI=1S/C16H21NO4/c1-11(2)21-14-8-4-3-6-12(14)10-15(18)17-9-5-7-13(17)16(19)20/h3-4,6,8,11,13H,5,7,9-10H2,1-2H3,(H,19,20)/t13-/m0/s1. The van der Waals surface area contributed by atoms with Crippen LogP contribution in [0.3, 0.4) is 0 Å². The summed E-state index contributed by atoms with van der Waals surface area (Å²) in [5, 5.41) is 9.15. The molecule has 1 atom stereocenters. The van der Waals surface area contributed by atoms with Gasteiger partial charge in [0, 0.05) is 12.1 Å². The van der Waals surface area contributed by atoms with Crippen molar-refractivity contribution in [1.29, 1.82) is 0 Å². The van der Waals surface area contributed by atoms with Gasteiger partial charge in [0.05, 0.1) is 12.5 Å². The number of carbonyl (C=O) groups excluding carboxylic acids is 1. The van der Waals surface area contributed by atoms with Crippen LogP contribution in [0.25, 0.3) is 0 Å². The lowest BCUT2D eigenvalue weighted by Crippen LogP contribution is -2.41. The summed E-state index contributed by atoms with van der Waals surface area (Å²) in [5.41, 5.74) is 0.798. The van der Waals surface area contributed by atoms with Crippen molar-refractivity contribution in [3.05, 3.63) is 29.8 Å². The van der Waals surface area contributed by atoms with Crippen LogP contribution in [-0.2, 0) is 16.0 Å². The van der Waals surface area contributed by atoms with E-state index in [1.54, 1.807) is 0 Å². The van der Waals surface area contributed by atoms with E-state index in [1.807, 2.05) is 38.1 Å². The van der Waals surface area contributed by atoms with E-state index < -0.39 is 12.0 Å². The molecule has 1 amide bonds. The molecular weight excluding hydrogens is 270 g/mol. The van der Waals surface area contributed by atoms with Crippen LogP contribution in [0.15, 0.2) is 24.3 Å². The van der Waals surface area contributed by atoms with Gasteiger partial charge in [-0.25, -0.2) is 4.79 Å². The van der Waals surface area contributed by atoms with E-state index in [0.29, 0.717) is 18.7 Å². The molecule has 1 N–H and O–H groups in total. The second kappa shape index (κ2) is 6.61. The Bertz CT molecular complexity index is 527. The Kier molecular flexibility index (Phi) is 4.83. The minimum Gasteiger partial charge on any atom is -0.491 e. The molecular formula is C16H21NO4. The number of amides is 1. The molecule has 21 heavy (non-hydrogen) atoms. The first-order chi connectivity index (χ1) is 9.99. The summed E-state index contributed by atoms with van der Waals surface area (Å²) in [6.07, 6.45) is 1.48. The summed E-state index contributed by atoms with van der Waals surface area (Å²) in [5.74, 6) is -0.390. The number of nitrogens with zero attached hydrogens (tertiary/aromatic N) is 1. The fraction of sp³-hybridized carbons (Fsp3) is 0.500. The lowest BCUT2D eigenvalue weighted by molar-refractivity contribution is -0.148. The maximum absolute atomic E-state index is 12.4. The van der Waals surface area contributed by atoms with Crippen LogP contribution in [-0.4, -0.2) is 40.6 Å². The van der Waals surface area contributed by atoms with Crippen LogP contribution >= 0.6 is 0 Å². The van der Waals surface area contributed by atoms with Crippen LogP contribution in [0.4, 0.5) is 0 Å². The number of para-hydroxylation sites is 1. The van der Waals surface area contributed by atoms with E-state index in [-0.39, 0.29) is 18.4 Å². The highest BCUT2D eigenvalue weighted by Crippen LogP contribution is 2.23. The van der Waals surface area contributed by atoms with Gasteiger partial charge in [-0.05, 0) is 32.8 Å². The Balaban J connectivity index is 2.11. The maximum Gasteiger partial charge on any atom is 0.326 e. The average molecular weight is 291 g/mol. The van der Waals surface area contributed by atoms with Crippen molar-refractivity contribution in [3.63, 3.8) is 0 Å². The van der Waals surface area contributed by atoms with Crippen LogP contribution in [0.5, 0.6) is 5.75 Å². The van der Waals surface area contributed by atoms with Crippen LogP contribution in [0, 0.1) is 0 Å². The lowest BCUT2D eigenvalue weighted by Gasteiger charge is -2.22. The topological polar surface area (TPSA) is 66.8 Å². The molecule has 0 bridgehead atoms. The zero-order chi connectivity index (χ0) is 15.4. The van der Waals surface area contributed by atoms with Gasteiger partial charge in [-0.3, -0.25) is 4.79 Å². The molecule has 5 heteroatoms. The molecule has 1 saturated heterocycles. The van der Waals surface area contributed by atoms with Crippen LogP contribution < -0.4 is 4.74 Å². The van der Waals surface area contributed by atoms with E-state index in [1.165, 1.54) is 4.90 Å². The molecule has 1 aromatic rings. The summed E-state index contributed by atoms with van der Waals surface area (Å²) >= 11 is 0. The second-order valence-electron chi connectivity index (χ2n) is 5.53. The molecule has 2 rings (SSSR count). The smallest absolute Gasteiger partial charge is 0.326 e. The Morgan fingerprint density at radius 2 is 2.10 bits per heavy atom. The Morgan fingerprint density at radius 1 is 1.38 bits per heavy atom. The summed E-state index contributed by atoms with van der Waals surface area (Å²) in [7, 11) is 0. The number of carbonyl (C=O) groups is 2. The number of rotatable bonds is 5. The maximum atomic E-state index is 12.4. The molecule has 0 aliphatic carbocycles. The van der Waals surface area contributed by atoms with Gasteiger partial charge in [-0.15, -0.1) is 0 Å². The molecule has 0 radical (unpaired) electrons. The highest BCUT2D eigenvalue weighted by atomic mass is 16.5. The molecule has 1 aliphatic heterocycles. The van der Waals surface area contributed by atoms with E-state index >= 15 is 0 Å². The van der Waals surface area contributed by atoms with Crippen LogP contribution in [0.2, 0.25) is 0 Å². The molecule has 114 valence electrons. The monoisotopic (exact) mass is 291 g/mol. The van der Waals surface area contributed by atoms with Gasteiger partial charge in [0.25, 0.3) is 0 Å². The first-order valence-electron chi connectivity index (χ1n) is 7.26. The van der Waals surface area contributed by atoms with Crippen molar-refractivity contribution in [1.82, 2.24) is 4.90 Å². The zero-order valence-electron chi connectivity index (χ0n) is 12.4. The third-order valence-electron chi connectivity index (χ3n) is 3.54. The van der Waals surface area contributed by atoms with Crippen molar-refractivity contribution in [2.24, 2.45) is 0 Å². The fourth-order valence-corrected chi connectivity index (χ4v) is 2.61. The quantitative estimate of drug-likeness (QED) is 0.902. The minimum atomic E-state index is -0.924.